The summed E-state index contributed by atoms with van der Waals surface area (Å²) >= 11 is 0. The summed E-state index contributed by atoms with van der Waals surface area (Å²) in [4.78, 5) is 2.64. The fourth-order valence-electron chi connectivity index (χ4n) is 3.55. The fraction of sp³-hybridized carbons (Fsp3) is 0.529. The van der Waals surface area contributed by atoms with Crippen molar-refractivity contribution in [3.63, 3.8) is 0 Å². The van der Waals surface area contributed by atoms with Crippen molar-refractivity contribution in [1.82, 2.24) is 14.8 Å². The van der Waals surface area contributed by atoms with Crippen LogP contribution in [0, 0.1) is 5.92 Å². The van der Waals surface area contributed by atoms with Crippen LogP contribution in [0.2, 0.25) is 0 Å². The average molecular weight is 271 g/mol. The Morgan fingerprint density at radius 1 is 1.10 bits per heavy atom. The van der Waals surface area contributed by atoms with Gasteiger partial charge in [0, 0.05) is 56.4 Å². The molecule has 1 N–H and O–H groups in total. The lowest BCUT2D eigenvalue weighted by molar-refractivity contribution is 0.138. The number of benzene rings is 1. The van der Waals surface area contributed by atoms with Gasteiger partial charge >= 0.3 is 0 Å². The molecule has 1 aliphatic heterocycles. The number of nitrogens with one attached hydrogen (secondary N) is 1. The lowest BCUT2D eigenvalue weighted by Crippen LogP contribution is -2.46. The van der Waals surface area contributed by atoms with Crippen LogP contribution < -0.4 is 5.32 Å². The molecule has 1 aliphatic rings. The standard InChI is InChI=1S/C17H25N3/c1-13(2)17(20-10-8-18-9-11-20)15-12-19(3)16-7-5-4-6-14(15)16/h4-7,12-13,17-18H,8-11H2,1-3H3. The molecule has 1 aromatic heterocycles. The van der Waals surface area contributed by atoms with E-state index >= 15 is 0 Å². The van der Waals surface area contributed by atoms with E-state index in [9.17, 15) is 0 Å². The van der Waals surface area contributed by atoms with Crippen LogP contribution in [-0.4, -0.2) is 35.6 Å². The van der Waals surface area contributed by atoms with Crippen molar-refractivity contribution in [2.75, 3.05) is 26.2 Å². The van der Waals surface area contributed by atoms with Crippen molar-refractivity contribution in [1.29, 1.82) is 0 Å². The highest BCUT2D eigenvalue weighted by atomic mass is 15.2. The van der Waals surface area contributed by atoms with E-state index in [1.165, 1.54) is 16.5 Å². The third-order valence-electron chi connectivity index (χ3n) is 4.42. The van der Waals surface area contributed by atoms with Gasteiger partial charge in [-0.3, -0.25) is 4.90 Å². The summed E-state index contributed by atoms with van der Waals surface area (Å²) in [5, 5.41) is 4.86. The molecule has 0 bridgehead atoms. The van der Waals surface area contributed by atoms with Crippen LogP contribution in [0.5, 0.6) is 0 Å². The first-order valence-corrected chi connectivity index (χ1v) is 7.67. The Balaban J connectivity index is 2.05. The van der Waals surface area contributed by atoms with E-state index in [0.717, 1.165) is 26.2 Å². The third-order valence-corrected chi connectivity index (χ3v) is 4.42. The van der Waals surface area contributed by atoms with E-state index in [4.69, 9.17) is 0 Å². The third kappa shape index (κ3) is 2.36. The van der Waals surface area contributed by atoms with Crippen molar-refractivity contribution in [2.45, 2.75) is 19.9 Å². The maximum absolute atomic E-state index is 3.46. The first kappa shape index (κ1) is 13.7. The van der Waals surface area contributed by atoms with Gasteiger partial charge in [0.1, 0.15) is 0 Å². The van der Waals surface area contributed by atoms with Gasteiger partial charge in [0.05, 0.1) is 0 Å². The molecule has 1 atom stereocenters. The Hall–Kier alpha value is -1.32. The molecule has 2 heterocycles. The molecule has 3 rings (SSSR count). The molecule has 0 aliphatic carbocycles. The van der Waals surface area contributed by atoms with Crippen LogP contribution in [0.3, 0.4) is 0 Å². The van der Waals surface area contributed by atoms with Gasteiger partial charge in [0.25, 0.3) is 0 Å². The molecule has 0 saturated carbocycles. The van der Waals surface area contributed by atoms with Crippen LogP contribution in [0.4, 0.5) is 0 Å². The van der Waals surface area contributed by atoms with Crippen molar-refractivity contribution in [3.05, 3.63) is 36.0 Å². The summed E-state index contributed by atoms with van der Waals surface area (Å²) in [5.74, 6) is 0.624. The minimum absolute atomic E-state index is 0.517. The van der Waals surface area contributed by atoms with E-state index in [1.807, 2.05) is 0 Å². The molecule has 1 aromatic carbocycles. The Bertz CT molecular complexity index is 579. The van der Waals surface area contributed by atoms with E-state index in [1.54, 1.807) is 0 Å². The Morgan fingerprint density at radius 2 is 1.80 bits per heavy atom. The molecule has 108 valence electrons. The largest absolute Gasteiger partial charge is 0.350 e. The summed E-state index contributed by atoms with van der Waals surface area (Å²) in [7, 11) is 2.15. The van der Waals surface area contributed by atoms with E-state index in [-0.39, 0.29) is 0 Å². The molecule has 20 heavy (non-hydrogen) atoms. The molecule has 1 saturated heterocycles. The summed E-state index contributed by atoms with van der Waals surface area (Å²) in [6, 6.07) is 9.28. The smallest absolute Gasteiger partial charge is 0.0481 e. The van der Waals surface area contributed by atoms with Gasteiger partial charge in [0.15, 0.2) is 0 Å². The number of para-hydroxylation sites is 1. The van der Waals surface area contributed by atoms with E-state index in [2.05, 4.69) is 66.1 Å². The van der Waals surface area contributed by atoms with Crippen LogP contribution in [0.1, 0.15) is 25.5 Å². The van der Waals surface area contributed by atoms with Crippen LogP contribution in [0.25, 0.3) is 10.9 Å². The maximum Gasteiger partial charge on any atom is 0.0481 e. The van der Waals surface area contributed by atoms with Gasteiger partial charge < -0.3 is 9.88 Å². The zero-order valence-corrected chi connectivity index (χ0v) is 12.8. The number of piperazine rings is 1. The minimum Gasteiger partial charge on any atom is -0.350 e. The second-order valence-corrected chi connectivity index (χ2v) is 6.19. The van der Waals surface area contributed by atoms with Gasteiger partial charge in [-0.1, -0.05) is 32.0 Å². The summed E-state index contributed by atoms with van der Waals surface area (Å²) in [6.45, 7) is 9.18. The zero-order chi connectivity index (χ0) is 14.1. The molecule has 2 aromatic rings. The normalized spacial score (nSPS) is 18.8. The second kappa shape index (κ2) is 5.58. The SMILES string of the molecule is CC(C)C(c1cn(C)c2ccccc12)N1CCNCC1. The lowest BCUT2D eigenvalue weighted by atomic mass is 9.93. The second-order valence-electron chi connectivity index (χ2n) is 6.19. The lowest BCUT2D eigenvalue weighted by Gasteiger charge is -2.37. The number of hydrogen-bond acceptors (Lipinski definition) is 2. The number of rotatable bonds is 3. The van der Waals surface area contributed by atoms with E-state index in [0.29, 0.717) is 12.0 Å². The van der Waals surface area contributed by atoms with Crippen molar-refractivity contribution < 1.29 is 0 Å². The molecule has 0 spiro atoms. The Morgan fingerprint density at radius 3 is 2.50 bits per heavy atom. The predicted molar refractivity (Wildman–Crippen MR) is 84.9 cm³/mol. The van der Waals surface area contributed by atoms with E-state index < -0.39 is 0 Å². The van der Waals surface area contributed by atoms with Crippen molar-refractivity contribution >= 4 is 10.9 Å². The fourth-order valence-corrected chi connectivity index (χ4v) is 3.55. The molecule has 1 unspecified atom stereocenters. The first-order chi connectivity index (χ1) is 9.68. The number of hydrogen-bond donors (Lipinski definition) is 1. The number of nitrogens with zero attached hydrogens (tertiary/aromatic N) is 2. The van der Waals surface area contributed by atoms with Crippen LogP contribution in [-0.2, 0) is 7.05 Å². The number of aromatic nitrogens is 1. The maximum atomic E-state index is 3.46. The van der Waals surface area contributed by atoms with Gasteiger partial charge in [-0.2, -0.15) is 0 Å². The van der Waals surface area contributed by atoms with Crippen LogP contribution >= 0.6 is 0 Å². The Kier molecular flexibility index (Phi) is 3.81. The monoisotopic (exact) mass is 271 g/mol. The zero-order valence-electron chi connectivity index (χ0n) is 12.8. The highest BCUT2D eigenvalue weighted by Crippen LogP contribution is 2.34. The van der Waals surface area contributed by atoms with Crippen molar-refractivity contribution in [2.24, 2.45) is 13.0 Å². The van der Waals surface area contributed by atoms with Gasteiger partial charge in [0.2, 0.25) is 0 Å². The van der Waals surface area contributed by atoms with Crippen molar-refractivity contribution in [3.8, 4) is 0 Å². The van der Waals surface area contributed by atoms with Gasteiger partial charge in [-0.25, -0.2) is 0 Å². The van der Waals surface area contributed by atoms with Gasteiger partial charge in [-0.05, 0) is 17.5 Å². The highest BCUT2D eigenvalue weighted by Gasteiger charge is 2.27. The predicted octanol–water partition coefficient (Wildman–Crippen LogP) is 2.78. The molecule has 0 radical (unpaired) electrons. The summed E-state index contributed by atoms with van der Waals surface area (Å²) < 4.78 is 2.27. The first-order valence-electron chi connectivity index (χ1n) is 7.67. The molecule has 3 nitrogen and oxygen atoms in total. The van der Waals surface area contributed by atoms with Gasteiger partial charge in [-0.15, -0.1) is 0 Å². The molecular formula is C17H25N3. The molecule has 3 heteroatoms. The topological polar surface area (TPSA) is 20.2 Å². The average Bonchev–Trinajstić information content (AvgIpc) is 2.78. The number of aryl methyl sites for hydroxylation is 1. The minimum atomic E-state index is 0.517. The molecular weight excluding hydrogens is 246 g/mol. The van der Waals surface area contributed by atoms with Crippen LogP contribution in [0.15, 0.2) is 30.5 Å². The Labute approximate surface area is 121 Å². The quantitative estimate of drug-likeness (QED) is 0.926. The molecule has 0 amide bonds. The summed E-state index contributed by atoms with van der Waals surface area (Å²) in [5.41, 5.74) is 2.82. The molecule has 1 fully saturated rings. The summed E-state index contributed by atoms with van der Waals surface area (Å²) in [6.07, 6.45) is 2.33. The highest BCUT2D eigenvalue weighted by molar-refractivity contribution is 5.84. The number of fused-ring (bicyclic) bond motifs is 1.